The van der Waals surface area contributed by atoms with Gasteiger partial charge in [0.05, 0.1) is 30.6 Å². The van der Waals surface area contributed by atoms with E-state index in [-0.39, 0.29) is 27.8 Å². The van der Waals surface area contributed by atoms with E-state index < -0.39 is 10.0 Å². The van der Waals surface area contributed by atoms with Crippen molar-refractivity contribution in [1.82, 2.24) is 4.90 Å². The van der Waals surface area contributed by atoms with E-state index in [1.54, 1.807) is 42.1 Å². The largest absolute Gasteiger partial charge is 0.497 e. The third-order valence-electron chi connectivity index (χ3n) is 6.99. The summed E-state index contributed by atoms with van der Waals surface area (Å²) in [6.07, 6.45) is 0.774. The average Bonchev–Trinajstić information content (AvgIpc) is 3.40. The van der Waals surface area contributed by atoms with Crippen molar-refractivity contribution in [3.8, 4) is 11.5 Å². The molecule has 0 saturated carbocycles. The van der Waals surface area contributed by atoms with Gasteiger partial charge in [-0.1, -0.05) is 42.5 Å². The molecule has 11 heteroatoms. The number of rotatable bonds is 11. The first-order chi connectivity index (χ1) is 20.8. The highest BCUT2D eigenvalue weighted by Gasteiger charge is 2.32. The number of ether oxygens (including phenoxy) is 2. The van der Waals surface area contributed by atoms with Gasteiger partial charge in [0.25, 0.3) is 15.9 Å². The van der Waals surface area contributed by atoms with Crippen molar-refractivity contribution in [3.05, 3.63) is 114 Å². The summed E-state index contributed by atoms with van der Waals surface area (Å²) in [5, 5.41) is 2.70. The van der Waals surface area contributed by atoms with Gasteiger partial charge in [-0.2, -0.15) is 0 Å². The van der Waals surface area contributed by atoms with Crippen LogP contribution in [0.3, 0.4) is 0 Å². The van der Waals surface area contributed by atoms with Crippen molar-refractivity contribution >= 4 is 45.0 Å². The van der Waals surface area contributed by atoms with Crippen LogP contribution in [0, 0.1) is 0 Å². The molecule has 4 aromatic carbocycles. The minimum atomic E-state index is -3.92. The number of anilines is 2. The van der Waals surface area contributed by atoms with Crippen LogP contribution in [0.25, 0.3) is 0 Å². The number of methoxy groups -OCH3 is 2. The van der Waals surface area contributed by atoms with Crippen LogP contribution >= 0.6 is 11.8 Å². The smallest absolute Gasteiger partial charge is 0.262 e. The van der Waals surface area contributed by atoms with Crippen LogP contribution in [-0.2, 0) is 21.2 Å². The summed E-state index contributed by atoms with van der Waals surface area (Å²) >= 11 is 1.58. The molecular weight excluding hydrogens is 587 g/mol. The molecule has 0 radical (unpaired) electrons. The fourth-order valence-electron chi connectivity index (χ4n) is 4.67. The second kappa shape index (κ2) is 13.2. The summed E-state index contributed by atoms with van der Waals surface area (Å²) in [6, 6.07) is 27.9. The summed E-state index contributed by atoms with van der Waals surface area (Å²) < 4.78 is 38.9. The normalized spacial score (nSPS) is 14.8. The highest BCUT2D eigenvalue weighted by Crippen LogP contribution is 2.38. The number of sulfonamides is 1. The lowest BCUT2D eigenvalue weighted by Crippen LogP contribution is -2.30. The zero-order valence-electron chi connectivity index (χ0n) is 23.6. The van der Waals surface area contributed by atoms with Crippen LogP contribution in [0.1, 0.15) is 26.9 Å². The van der Waals surface area contributed by atoms with Gasteiger partial charge in [0.15, 0.2) is 0 Å². The fraction of sp³-hybridized carbons (Fsp3) is 0.188. The Morgan fingerprint density at radius 2 is 1.65 bits per heavy atom. The number of thioether (sulfide) groups is 1. The van der Waals surface area contributed by atoms with E-state index in [0.717, 1.165) is 12.0 Å². The van der Waals surface area contributed by atoms with Gasteiger partial charge in [-0.15, -0.1) is 11.8 Å². The second-order valence-electron chi connectivity index (χ2n) is 9.76. The van der Waals surface area contributed by atoms with Crippen molar-refractivity contribution in [2.75, 3.05) is 36.6 Å². The van der Waals surface area contributed by atoms with E-state index in [2.05, 4.69) is 22.2 Å². The number of hydrogen-bond donors (Lipinski definition) is 2. The summed E-state index contributed by atoms with van der Waals surface area (Å²) in [4.78, 5) is 27.4. The Morgan fingerprint density at radius 3 is 2.33 bits per heavy atom. The number of hydrogen-bond acceptors (Lipinski definition) is 7. The van der Waals surface area contributed by atoms with E-state index >= 15 is 0 Å². The average molecular weight is 618 g/mol. The number of amides is 2. The molecule has 1 atom stereocenters. The van der Waals surface area contributed by atoms with Crippen molar-refractivity contribution < 1.29 is 27.5 Å². The maximum Gasteiger partial charge on any atom is 0.262 e. The van der Waals surface area contributed by atoms with Crippen molar-refractivity contribution in [2.24, 2.45) is 0 Å². The second-order valence-corrected chi connectivity index (χ2v) is 12.5. The van der Waals surface area contributed by atoms with Gasteiger partial charge >= 0.3 is 0 Å². The fourth-order valence-corrected chi connectivity index (χ4v) is 6.96. The Kier molecular flexibility index (Phi) is 9.22. The molecule has 222 valence electrons. The molecule has 1 heterocycles. The van der Waals surface area contributed by atoms with Gasteiger partial charge in [0.1, 0.15) is 16.9 Å². The highest BCUT2D eigenvalue weighted by atomic mass is 32.2. The summed E-state index contributed by atoms with van der Waals surface area (Å²) in [5.74, 6) is 1.05. The van der Waals surface area contributed by atoms with Crippen LogP contribution < -0.4 is 19.5 Å². The number of benzene rings is 4. The molecule has 1 aliphatic heterocycles. The maximum atomic E-state index is 13.0. The van der Waals surface area contributed by atoms with E-state index in [1.165, 1.54) is 44.0 Å². The zero-order chi connectivity index (χ0) is 30.4. The number of carbonyl (C=O) groups excluding carboxylic acids is 2. The topological polar surface area (TPSA) is 114 Å². The third-order valence-corrected chi connectivity index (χ3v) is 9.62. The minimum Gasteiger partial charge on any atom is -0.497 e. The molecule has 9 nitrogen and oxygen atoms in total. The molecule has 5 rings (SSSR count). The molecule has 0 aromatic heterocycles. The van der Waals surface area contributed by atoms with Crippen molar-refractivity contribution in [1.29, 1.82) is 0 Å². The Hall–Kier alpha value is -4.48. The summed E-state index contributed by atoms with van der Waals surface area (Å²) in [6.45, 7) is 0.623. The molecule has 1 aliphatic rings. The molecule has 1 fully saturated rings. The predicted octanol–water partition coefficient (Wildman–Crippen LogP) is 5.57. The molecule has 1 saturated heterocycles. The SMILES string of the molecule is COc1ccc(NS(=O)(=O)c2ccc(NC(=O)c3ccc([C@@H]4SCC(=O)N4CCc4ccccc4)cc3)cc2)c(OC)c1. The van der Waals surface area contributed by atoms with Crippen LogP contribution in [-0.4, -0.2) is 51.6 Å². The molecule has 0 unspecified atom stereocenters. The van der Waals surface area contributed by atoms with E-state index in [9.17, 15) is 18.0 Å². The molecule has 43 heavy (non-hydrogen) atoms. The van der Waals surface area contributed by atoms with Gasteiger partial charge in [0, 0.05) is 23.9 Å². The predicted molar refractivity (Wildman–Crippen MR) is 168 cm³/mol. The molecule has 2 amide bonds. The van der Waals surface area contributed by atoms with Gasteiger partial charge in [-0.25, -0.2) is 8.42 Å². The van der Waals surface area contributed by atoms with Gasteiger partial charge in [0.2, 0.25) is 5.91 Å². The molecule has 0 aliphatic carbocycles. The quantitative estimate of drug-likeness (QED) is 0.226. The minimum absolute atomic E-state index is 0.0214. The van der Waals surface area contributed by atoms with Crippen LogP contribution in [0.15, 0.2) is 102 Å². The molecule has 2 N–H and O–H groups in total. The summed E-state index contributed by atoms with van der Waals surface area (Å²) in [7, 11) is -0.971. The Labute approximate surface area is 255 Å². The van der Waals surface area contributed by atoms with Crippen LogP contribution in [0.2, 0.25) is 0 Å². The zero-order valence-corrected chi connectivity index (χ0v) is 25.3. The van der Waals surface area contributed by atoms with E-state index in [1.807, 2.05) is 35.2 Å². The summed E-state index contributed by atoms with van der Waals surface area (Å²) in [5.41, 5.74) is 3.29. The van der Waals surface area contributed by atoms with Gasteiger partial charge < -0.3 is 19.7 Å². The Bertz CT molecular complexity index is 1700. The van der Waals surface area contributed by atoms with Gasteiger partial charge in [-0.3, -0.25) is 14.3 Å². The maximum absolute atomic E-state index is 13.0. The van der Waals surface area contributed by atoms with E-state index in [0.29, 0.717) is 35.0 Å². The van der Waals surface area contributed by atoms with Crippen LogP contribution in [0.4, 0.5) is 11.4 Å². The Morgan fingerprint density at radius 1 is 0.930 bits per heavy atom. The van der Waals surface area contributed by atoms with Crippen molar-refractivity contribution in [3.63, 3.8) is 0 Å². The van der Waals surface area contributed by atoms with Gasteiger partial charge in [-0.05, 0) is 66.1 Å². The van der Waals surface area contributed by atoms with Crippen LogP contribution in [0.5, 0.6) is 11.5 Å². The third kappa shape index (κ3) is 7.12. The molecular formula is C32H31N3O6S2. The standard InChI is InChI=1S/C32H31N3O6S2/c1-40-26-14-17-28(29(20-26)41-2)34-43(38,39)27-15-12-25(13-16-27)33-31(37)23-8-10-24(11-9-23)32-35(30(36)21-42-32)19-18-22-6-4-3-5-7-22/h3-17,20,32,34H,18-19,21H2,1-2H3,(H,33,37)/t32-/m0/s1. The highest BCUT2D eigenvalue weighted by molar-refractivity contribution is 8.00. The lowest BCUT2D eigenvalue weighted by molar-refractivity contribution is -0.128. The lowest BCUT2D eigenvalue weighted by Gasteiger charge is -2.24. The first-order valence-corrected chi connectivity index (χ1v) is 16.0. The monoisotopic (exact) mass is 617 g/mol. The van der Waals surface area contributed by atoms with Crippen molar-refractivity contribution in [2.45, 2.75) is 16.7 Å². The molecule has 0 spiro atoms. The number of carbonyl (C=O) groups is 2. The molecule has 4 aromatic rings. The lowest BCUT2D eigenvalue weighted by atomic mass is 10.1. The Balaban J connectivity index is 1.21. The van der Waals surface area contributed by atoms with E-state index in [4.69, 9.17) is 9.47 Å². The number of nitrogens with one attached hydrogen (secondary N) is 2. The first kappa shape index (κ1) is 30.0. The number of nitrogens with zero attached hydrogens (tertiary/aromatic N) is 1. The first-order valence-electron chi connectivity index (χ1n) is 13.5. The molecule has 0 bridgehead atoms.